The van der Waals surface area contributed by atoms with Crippen LogP contribution in [0.25, 0.3) is 0 Å². The average Bonchev–Trinajstić information content (AvgIpc) is 2.75. The third kappa shape index (κ3) is 2.62. The molecule has 0 radical (unpaired) electrons. The zero-order chi connectivity index (χ0) is 14.0. The Bertz CT molecular complexity index is 497. The Labute approximate surface area is 111 Å². The van der Waals surface area contributed by atoms with Crippen LogP contribution in [-0.4, -0.2) is 32.7 Å². The molecule has 1 fully saturated rings. The Morgan fingerprint density at radius 3 is 2.84 bits per heavy atom. The van der Waals surface area contributed by atoms with E-state index in [0.29, 0.717) is 30.0 Å². The number of amides is 1. The lowest BCUT2D eigenvalue weighted by Crippen LogP contribution is -2.56. The van der Waals surface area contributed by atoms with Crippen molar-refractivity contribution in [2.75, 3.05) is 0 Å². The summed E-state index contributed by atoms with van der Waals surface area (Å²) in [5.74, 6) is -1.02. The molecule has 6 nitrogen and oxygen atoms in total. The monoisotopic (exact) mass is 265 g/mol. The first-order chi connectivity index (χ1) is 8.94. The summed E-state index contributed by atoms with van der Waals surface area (Å²) in [6.07, 6.45) is 4.21. The summed E-state index contributed by atoms with van der Waals surface area (Å²) in [5.41, 5.74) is -0.0981. The predicted octanol–water partition coefficient (Wildman–Crippen LogP) is 1.48. The number of carbonyl (C=O) groups is 2. The van der Waals surface area contributed by atoms with E-state index in [1.54, 1.807) is 6.92 Å². The van der Waals surface area contributed by atoms with Crippen LogP contribution in [0.3, 0.4) is 0 Å². The fourth-order valence-electron chi connectivity index (χ4n) is 2.78. The van der Waals surface area contributed by atoms with Crippen molar-refractivity contribution < 1.29 is 14.7 Å². The van der Waals surface area contributed by atoms with Gasteiger partial charge in [-0.15, -0.1) is 0 Å². The molecule has 1 saturated carbocycles. The second-order valence-corrected chi connectivity index (χ2v) is 5.45. The minimum Gasteiger partial charge on any atom is -0.480 e. The molecule has 2 rings (SSSR count). The number of aliphatic carboxylic acids is 1. The normalized spacial score (nSPS) is 26.9. The largest absolute Gasteiger partial charge is 0.480 e. The van der Waals surface area contributed by atoms with Crippen LogP contribution in [0.1, 0.15) is 48.7 Å². The van der Waals surface area contributed by atoms with Crippen LogP contribution >= 0.6 is 0 Å². The molecule has 1 aliphatic carbocycles. The molecular formula is C13H19N3O3. The Kier molecular flexibility index (Phi) is 3.59. The van der Waals surface area contributed by atoms with E-state index >= 15 is 0 Å². The van der Waals surface area contributed by atoms with Gasteiger partial charge in [-0.05, 0) is 25.7 Å². The van der Waals surface area contributed by atoms with Gasteiger partial charge in [-0.25, -0.2) is 4.79 Å². The van der Waals surface area contributed by atoms with Crippen LogP contribution in [-0.2, 0) is 4.79 Å². The summed E-state index contributed by atoms with van der Waals surface area (Å²) in [6, 6.07) is 0. The first-order valence-corrected chi connectivity index (χ1v) is 6.50. The number of aryl methyl sites for hydroxylation is 1. The molecule has 1 aliphatic rings. The molecule has 2 atom stereocenters. The van der Waals surface area contributed by atoms with E-state index in [1.807, 2.05) is 6.92 Å². The van der Waals surface area contributed by atoms with Gasteiger partial charge in [-0.1, -0.05) is 19.8 Å². The van der Waals surface area contributed by atoms with Gasteiger partial charge in [0, 0.05) is 5.69 Å². The molecule has 0 bridgehead atoms. The van der Waals surface area contributed by atoms with E-state index in [4.69, 9.17) is 0 Å². The fourth-order valence-corrected chi connectivity index (χ4v) is 2.78. The van der Waals surface area contributed by atoms with E-state index < -0.39 is 11.5 Å². The molecule has 1 aromatic rings. The Hall–Kier alpha value is -1.85. The molecule has 0 aliphatic heterocycles. The summed E-state index contributed by atoms with van der Waals surface area (Å²) in [4.78, 5) is 23.8. The second-order valence-electron chi connectivity index (χ2n) is 5.45. The number of hydrogen-bond acceptors (Lipinski definition) is 3. The van der Waals surface area contributed by atoms with Gasteiger partial charge in [0.05, 0.1) is 11.8 Å². The van der Waals surface area contributed by atoms with Crippen molar-refractivity contribution in [3.8, 4) is 0 Å². The van der Waals surface area contributed by atoms with Gasteiger partial charge in [0.1, 0.15) is 5.54 Å². The van der Waals surface area contributed by atoms with E-state index in [0.717, 1.165) is 12.8 Å². The van der Waals surface area contributed by atoms with E-state index in [1.165, 1.54) is 6.20 Å². The maximum absolute atomic E-state index is 12.2. The van der Waals surface area contributed by atoms with Gasteiger partial charge < -0.3 is 10.4 Å². The van der Waals surface area contributed by atoms with Gasteiger partial charge in [-0.3, -0.25) is 9.89 Å². The third-order valence-electron chi connectivity index (χ3n) is 3.83. The Morgan fingerprint density at radius 1 is 1.58 bits per heavy atom. The molecule has 2 unspecified atom stereocenters. The molecule has 1 aromatic heterocycles. The minimum atomic E-state index is -1.14. The number of hydrogen-bond donors (Lipinski definition) is 3. The standard InChI is InChI=1S/C13H19N3O3/c1-8-4-3-5-13(6-8,12(18)19)15-11(17)10-7-14-16-9(10)2/h7-8H,3-6H2,1-2H3,(H,14,16)(H,15,17)(H,18,19). The van der Waals surface area contributed by atoms with Gasteiger partial charge in [0.15, 0.2) is 0 Å². The number of carboxylic acid groups (broad SMARTS) is 1. The zero-order valence-corrected chi connectivity index (χ0v) is 11.2. The van der Waals surface area contributed by atoms with Crippen molar-refractivity contribution in [1.29, 1.82) is 0 Å². The second kappa shape index (κ2) is 5.03. The highest BCUT2D eigenvalue weighted by Gasteiger charge is 2.43. The minimum absolute atomic E-state index is 0.301. The lowest BCUT2D eigenvalue weighted by atomic mass is 9.76. The molecular weight excluding hydrogens is 246 g/mol. The molecule has 0 spiro atoms. The van der Waals surface area contributed by atoms with Crippen molar-refractivity contribution in [3.63, 3.8) is 0 Å². The van der Waals surface area contributed by atoms with Crippen LogP contribution < -0.4 is 5.32 Å². The van der Waals surface area contributed by atoms with Gasteiger partial charge >= 0.3 is 5.97 Å². The van der Waals surface area contributed by atoms with Crippen LogP contribution in [0.5, 0.6) is 0 Å². The summed E-state index contributed by atoms with van der Waals surface area (Å²) in [6.45, 7) is 3.75. The molecule has 0 saturated heterocycles. The highest BCUT2D eigenvalue weighted by Crippen LogP contribution is 2.32. The van der Waals surface area contributed by atoms with Crippen molar-refractivity contribution in [3.05, 3.63) is 17.5 Å². The van der Waals surface area contributed by atoms with Crippen molar-refractivity contribution in [2.45, 2.75) is 45.1 Å². The first kappa shape index (κ1) is 13.6. The summed E-state index contributed by atoms with van der Waals surface area (Å²) < 4.78 is 0. The molecule has 6 heteroatoms. The summed E-state index contributed by atoms with van der Waals surface area (Å²) in [7, 11) is 0. The van der Waals surface area contributed by atoms with Crippen LogP contribution in [0.15, 0.2) is 6.20 Å². The molecule has 0 aromatic carbocycles. The summed E-state index contributed by atoms with van der Waals surface area (Å²) >= 11 is 0. The molecule has 3 N–H and O–H groups in total. The quantitative estimate of drug-likeness (QED) is 0.771. The van der Waals surface area contributed by atoms with Crippen LogP contribution in [0.2, 0.25) is 0 Å². The third-order valence-corrected chi connectivity index (χ3v) is 3.83. The van der Waals surface area contributed by atoms with Crippen molar-refractivity contribution >= 4 is 11.9 Å². The average molecular weight is 265 g/mol. The van der Waals surface area contributed by atoms with Crippen molar-refractivity contribution in [2.24, 2.45) is 5.92 Å². The van der Waals surface area contributed by atoms with Gasteiger partial charge in [-0.2, -0.15) is 5.10 Å². The number of aromatic nitrogens is 2. The fraction of sp³-hybridized carbons (Fsp3) is 0.615. The predicted molar refractivity (Wildman–Crippen MR) is 68.8 cm³/mol. The number of nitrogens with zero attached hydrogens (tertiary/aromatic N) is 1. The Balaban J connectivity index is 2.20. The number of carboxylic acids is 1. The number of H-pyrrole nitrogens is 1. The number of carbonyl (C=O) groups excluding carboxylic acids is 1. The van der Waals surface area contributed by atoms with Gasteiger partial charge in [0.2, 0.25) is 0 Å². The van der Waals surface area contributed by atoms with E-state index in [-0.39, 0.29) is 5.91 Å². The van der Waals surface area contributed by atoms with Crippen molar-refractivity contribution in [1.82, 2.24) is 15.5 Å². The highest BCUT2D eigenvalue weighted by atomic mass is 16.4. The zero-order valence-electron chi connectivity index (χ0n) is 11.2. The van der Waals surface area contributed by atoms with E-state index in [2.05, 4.69) is 15.5 Å². The maximum Gasteiger partial charge on any atom is 0.329 e. The lowest BCUT2D eigenvalue weighted by molar-refractivity contribution is -0.146. The number of aromatic amines is 1. The number of rotatable bonds is 3. The van der Waals surface area contributed by atoms with Gasteiger partial charge in [0.25, 0.3) is 5.91 Å². The molecule has 1 heterocycles. The molecule has 19 heavy (non-hydrogen) atoms. The molecule has 1 amide bonds. The molecule has 104 valence electrons. The maximum atomic E-state index is 12.2. The first-order valence-electron chi connectivity index (χ1n) is 6.50. The van der Waals surface area contributed by atoms with Crippen LogP contribution in [0, 0.1) is 12.8 Å². The van der Waals surface area contributed by atoms with Crippen LogP contribution in [0.4, 0.5) is 0 Å². The smallest absolute Gasteiger partial charge is 0.329 e. The Morgan fingerprint density at radius 2 is 2.32 bits per heavy atom. The lowest BCUT2D eigenvalue weighted by Gasteiger charge is -2.37. The highest BCUT2D eigenvalue weighted by molar-refractivity contribution is 5.98. The summed E-state index contributed by atoms with van der Waals surface area (Å²) in [5, 5.41) is 18.7. The SMILES string of the molecule is Cc1[nH]ncc1C(=O)NC1(C(=O)O)CCCC(C)C1. The topological polar surface area (TPSA) is 95.1 Å². The van der Waals surface area contributed by atoms with E-state index in [9.17, 15) is 14.7 Å². The number of nitrogens with one attached hydrogen (secondary N) is 2.